The quantitative estimate of drug-likeness (QED) is 0.274. The van der Waals surface area contributed by atoms with Crippen molar-refractivity contribution in [1.82, 2.24) is 13.7 Å². The molecule has 0 amide bonds. The molecule has 0 aliphatic rings. The normalized spacial score (nSPS) is 9.92. The molecule has 0 radical (unpaired) electrons. The fourth-order valence-corrected chi connectivity index (χ4v) is 3.49. The van der Waals surface area contributed by atoms with Gasteiger partial charge in [-0.15, -0.1) is 0 Å². The summed E-state index contributed by atoms with van der Waals surface area (Å²) in [4.78, 5) is 0. The molecule has 0 saturated carbocycles. The van der Waals surface area contributed by atoms with E-state index in [1.54, 1.807) is 24.7 Å². The van der Waals surface area contributed by atoms with Crippen molar-refractivity contribution in [3.8, 4) is 0 Å². The molecule has 4 aromatic rings. The second-order valence-corrected chi connectivity index (χ2v) is 9.15. The Labute approximate surface area is 226 Å². The molecule has 196 valence electrons. The summed E-state index contributed by atoms with van der Waals surface area (Å²) in [7, 11) is 4.12. The van der Waals surface area contributed by atoms with Crippen LogP contribution in [0, 0.1) is 22.9 Å². The Balaban J connectivity index is 0.000000293. The third-order valence-electron chi connectivity index (χ3n) is 5.69. The molecule has 0 saturated heterocycles. The maximum Gasteiger partial charge on any atom is 0.253 e. The minimum atomic E-state index is 0. The SMILES string of the molecule is C.Cc1n(CCCN)cc[n+]1C.Cc1n(CCCn2ccc(=S)cc2)cc[n+]1C.S=c1ccocc1. The molecular formula is C27H42N6OS2+2. The summed E-state index contributed by atoms with van der Waals surface area (Å²) in [6, 6.07) is 7.40. The highest BCUT2D eigenvalue weighted by Gasteiger charge is 2.07. The van der Waals surface area contributed by atoms with Gasteiger partial charge < -0.3 is 14.7 Å². The number of imidazole rings is 2. The maximum absolute atomic E-state index is 5.41. The highest BCUT2D eigenvalue weighted by atomic mass is 32.1. The van der Waals surface area contributed by atoms with Crippen molar-refractivity contribution in [3.05, 3.63) is 94.6 Å². The molecule has 4 heterocycles. The van der Waals surface area contributed by atoms with E-state index < -0.39 is 0 Å². The zero-order valence-corrected chi connectivity index (χ0v) is 22.8. The van der Waals surface area contributed by atoms with Gasteiger partial charge in [0, 0.05) is 48.2 Å². The van der Waals surface area contributed by atoms with E-state index in [4.69, 9.17) is 34.6 Å². The lowest BCUT2D eigenvalue weighted by molar-refractivity contribution is -0.677. The molecule has 0 aromatic carbocycles. The Morgan fingerprint density at radius 3 is 1.61 bits per heavy atom. The standard InChI is InChI=1S/C13H18N3S.C8H16N3.C5H4OS.CH4/c1-12-14(2)10-11-16(12)7-3-6-15-8-4-13(17)5-9-15;1-8-10(2)6-7-11(8)5-3-4-9;7-5-1-3-6-4-2-5;/h4-5,8-11H,3,6-7H2,1-2H3;6-7H,3-5,9H2,1-2H3;1-4H;1H4/q2*+1;;. The molecule has 0 aliphatic carbocycles. The topological polar surface area (TPSA) is 61.7 Å². The summed E-state index contributed by atoms with van der Waals surface area (Å²) in [6.45, 7) is 8.12. The molecule has 7 nitrogen and oxygen atoms in total. The number of nitrogens with zero attached hydrogens (tertiary/aromatic N) is 5. The van der Waals surface area contributed by atoms with Gasteiger partial charge in [0.1, 0.15) is 24.8 Å². The van der Waals surface area contributed by atoms with Crippen LogP contribution in [0.4, 0.5) is 0 Å². The third kappa shape index (κ3) is 10.8. The number of hydrogen-bond acceptors (Lipinski definition) is 4. The summed E-state index contributed by atoms with van der Waals surface area (Å²) in [6.07, 6.45) is 17.8. The Morgan fingerprint density at radius 1 is 0.750 bits per heavy atom. The smallest absolute Gasteiger partial charge is 0.253 e. The molecule has 0 spiro atoms. The number of hydrogen-bond donors (Lipinski definition) is 1. The van der Waals surface area contributed by atoms with Gasteiger partial charge in [-0.05, 0) is 37.2 Å². The largest absolute Gasteiger partial charge is 0.473 e. The van der Waals surface area contributed by atoms with Crippen molar-refractivity contribution < 1.29 is 13.6 Å². The summed E-state index contributed by atoms with van der Waals surface area (Å²) in [5.41, 5.74) is 5.41. The van der Waals surface area contributed by atoms with Crippen LogP contribution in [0.2, 0.25) is 0 Å². The van der Waals surface area contributed by atoms with Gasteiger partial charge in [-0.3, -0.25) is 0 Å². The number of aryl methyl sites for hydroxylation is 5. The van der Waals surface area contributed by atoms with Crippen molar-refractivity contribution in [2.75, 3.05) is 6.54 Å². The van der Waals surface area contributed by atoms with E-state index in [2.05, 4.69) is 68.5 Å². The molecule has 2 N–H and O–H groups in total. The Kier molecular flexibility index (Phi) is 14.5. The molecule has 0 fully saturated rings. The highest BCUT2D eigenvalue weighted by molar-refractivity contribution is 7.71. The molecule has 0 unspecified atom stereocenters. The van der Waals surface area contributed by atoms with E-state index in [0.717, 1.165) is 48.0 Å². The van der Waals surface area contributed by atoms with Gasteiger partial charge in [-0.25, -0.2) is 18.3 Å². The summed E-state index contributed by atoms with van der Waals surface area (Å²) >= 11 is 9.81. The number of nitrogens with two attached hydrogens (primary N) is 1. The molecule has 4 rings (SSSR count). The van der Waals surface area contributed by atoms with Crippen molar-refractivity contribution >= 4 is 24.4 Å². The zero-order chi connectivity index (χ0) is 25.6. The molecule has 0 atom stereocenters. The monoisotopic (exact) mass is 530 g/mol. The maximum atomic E-state index is 5.41. The Hall–Kier alpha value is -2.88. The average Bonchev–Trinajstić information content (AvgIpc) is 3.35. The minimum absolute atomic E-state index is 0. The number of pyridine rings is 1. The summed E-state index contributed by atoms with van der Waals surface area (Å²) < 4.78 is 17.3. The van der Waals surface area contributed by atoms with E-state index in [9.17, 15) is 0 Å². The third-order valence-corrected chi connectivity index (χ3v) is 6.24. The van der Waals surface area contributed by atoms with E-state index in [-0.39, 0.29) is 7.43 Å². The second kappa shape index (κ2) is 16.7. The molecule has 9 heteroatoms. The Bertz CT molecular complexity index is 1230. The first-order valence-corrected chi connectivity index (χ1v) is 12.5. The van der Waals surface area contributed by atoms with Gasteiger partial charge in [0.25, 0.3) is 11.6 Å². The van der Waals surface area contributed by atoms with Crippen LogP contribution in [-0.2, 0) is 33.7 Å². The van der Waals surface area contributed by atoms with Gasteiger partial charge in [0.05, 0.1) is 39.7 Å². The van der Waals surface area contributed by atoms with E-state index in [1.807, 2.05) is 31.6 Å². The predicted molar refractivity (Wildman–Crippen MR) is 151 cm³/mol. The van der Waals surface area contributed by atoms with Crippen molar-refractivity contribution in [2.45, 2.75) is 53.8 Å². The average molecular weight is 531 g/mol. The van der Waals surface area contributed by atoms with Crippen LogP contribution in [0.5, 0.6) is 0 Å². The first-order valence-electron chi connectivity index (χ1n) is 11.7. The fourth-order valence-electron chi connectivity index (χ4n) is 3.26. The van der Waals surface area contributed by atoms with E-state index in [1.165, 1.54) is 11.6 Å². The fraction of sp³-hybridized carbons (Fsp3) is 0.407. The summed E-state index contributed by atoms with van der Waals surface area (Å²) in [5.74, 6) is 2.56. The van der Waals surface area contributed by atoms with Crippen molar-refractivity contribution in [3.63, 3.8) is 0 Å². The van der Waals surface area contributed by atoms with Crippen LogP contribution in [0.25, 0.3) is 0 Å². The van der Waals surface area contributed by atoms with Crippen LogP contribution in [0.3, 0.4) is 0 Å². The predicted octanol–water partition coefficient (Wildman–Crippen LogP) is 4.86. The van der Waals surface area contributed by atoms with Gasteiger partial charge in [0.2, 0.25) is 0 Å². The van der Waals surface area contributed by atoms with Gasteiger partial charge >= 0.3 is 0 Å². The van der Waals surface area contributed by atoms with E-state index >= 15 is 0 Å². The minimum Gasteiger partial charge on any atom is -0.473 e. The zero-order valence-electron chi connectivity index (χ0n) is 21.2. The number of aromatic nitrogens is 5. The van der Waals surface area contributed by atoms with Crippen molar-refractivity contribution in [2.24, 2.45) is 19.8 Å². The summed E-state index contributed by atoms with van der Waals surface area (Å²) in [5, 5.41) is 0. The lowest BCUT2D eigenvalue weighted by Crippen LogP contribution is -2.29. The molecule has 4 aromatic heterocycles. The van der Waals surface area contributed by atoms with Crippen LogP contribution < -0.4 is 14.9 Å². The molecule has 36 heavy (non-hydrogen) atoms. The molecular weight excluding hydrogens is 488 g/mol. The van der Waals surface area contributed by atoms with Crippen LogP contribution in [-0.4, -0.2) is 20.2 Å². The molecule has 0 bridgehead atoms. The Morgan fingerprint density at radius 2 is 1.22 bits per heavy atom. The first-order chi connectivity index (χ1) is 16.8. The first kappa shape index (κ1) is 31.2. The van der Waals surface area contributed by atoms with Gasteiger partial charge in [-0.1, -0.05) is 31.9 Å². The number of rotatable bonds is 7. The second-order valence-electron chi connectivity index (χ2n) is 8.21. The lowest BCUT2D eigenvalue weighted by Gasteiger charge is -2.04. The lowest BCUT2D eigenvalue weighted by atomic mass is 10.4. The van der Waals surface area contributed by atoms with Crippen LogP contribution in [0.1, 0.15) is 31.9 Å². The van der Waals surface area contributed by atoms with E-state index in [0.29, 0.717) is 0 Å². The van der Waals surface area contributed by atoms with Gasteiger partial charge in [0.15, 0.2) is 0 Å². The van der Waals surface area contributed by atoms with Crippen molar-refractivity contribution in [1.29, 1.82) is 0 Å². The highest BCUT2D eigenvalue weighted by Crippen LogP contribution is 1.99. The molecule has 0 aliphatic heterocycles. The van der Waals surface area contributed by atoms with Gasteiger partial charge in [-0.2, -0.15) is 0 Å². The van der Waals surface area contributed by atoms with Crippen LogP contribution >= 0.6 is 24.4 Å². The van der Waals surface area contributed by atoms with Crippen LogP contribution in [0.15, 0.2) is 78.4 Å².